The average Bonchev–Trinajstić information content (AvgIpc) is 2.81. The van der Waals surface area contributed by atoms with E-state index in [1.54, 1.807) is 6.08 Å². The van der Waals surface area contributed by atoms with Gasteiger partial charge in [0.1, 0.15) is 17.9 Å². The highest BCUT2D eigenvalue weighted by Crippen LogP contribution is 2.45. The van der Waals surface area contributed by atoms with Gasteiger partial charge in [-0.2, -0.15) is 0 Å². The van der Waals surface area contributed by atoms with Crippen molar-refractivity contribution < 1.29 is 14.0 Å². The van der Waals surface area contributed by atoms with E-state index in [4.69, 9.17) is 21.1 Å². The van der Waals surface area contributed by atoms with Gasteiger partial charge in [-0.25, -0.2) is 0 Å². The third-order valence-electron chi connectivity index (χ3n) is 6.38. The largest absolute Gasteiger partial charge is 0.491 e. The molecule has 0 aliphatic heterocycles. The van der Waals surface area contributed by atoms with E-state index in [9.17, 15) is 0 Å². The van der Waals surface area contributed by atoms with Crippen LogP contribution in [0.2, 0.25) is 0 Å². The van der Waals surface area contributed by atoms with Gasteiger partial charge >= 0.3 is 0 Å². The Labute approximate surface area is 214 Å². The lowest BCUT2D eigenvalue weighted by atomic mass is 9.74. The normalized spacial score (nSPS) is 12.8. The van der Waals surface area contributed by atoms with Crippen molar-refractivity contribution in [2.24, 2.45) is 11.8 Å². The predicted molar refractivity (Wildman–Crippen MR) is 147 cm³/mol. The number of rotatable bonds is 13. The molecule has 0 N–H and O–H groups in total. The second-order valence-corrected chi connectivity index (χ2v) is 10.5. The van der Waals surface area contributed by atoms with Crippen molar-refractivity contribution in [1.29, 1.82) is 0 Å². The molecule has 0 fully saturated rings. The minimum absolute atomic E-state index is 0.0106. The molecule has 4 heteroatoms. The molecule has 0 aliphatic rings. The number of halogens is 1. The molecule has 0 saturated carbocycles. The van der Waals surface area contributed by atoms with E-state index in [0.29, 0.717) is 30.9 Å². The van der Waals surface area contributed by atoms with E-state index in [1.807, 2.05) is 30.3 Å². The van der Waals surface area contributed by atoms with Crippen molar-refractivity contribution in [3.05, 3.63) is 78.9 Å². The van der Waals surface area contributed by atoms with Gasteiger partial charge in [0, 0.05) is 31.2 Å². The molecule has 1 atom stereocenters. The summed E-state index contributed by atoms with van der Waals surface area (Å²) in [5.74, 6) is 2.63. The fourth-order valence-electron chi connectivity index (χ4n) is 4.65. The molecule has 0 radical (unpaired) electrons. The average molecular weight is 489 g/mol. The second-order valence-electron chi connectivity index (χ2n) is 10.2. The minimum Gasteiger partial charge on any atom is -0.491 e. The summed E-state index contributed by atoms with van der Waals surface area (Å²) in [5.41, 5.74) is 1.40. The number of ether oxygens (including phenoxy) is 2. The predicted octanol–water partition coefficient (Wildman–Crippen LogP) is 7.90. The molecule has 1 unspecified atom stereocenters. The maximum atomic E-state index is 6.37. The number of hydrogen-bond acceptors (Lipinski definition) is 2. The van der Waals surface area contributed by atoms with Gasteiger partial charge in [-0.1, -0.05) is 82.3 Å². The zero-order chi connectivity index (χ0) is 25.6. The van der Waals surface area contributed by atoms with Gasteiger partial charge < -0.3 is 9.47 Å². The number of benzene rings is 2. The van der Waals surface area contributed by atoms with Crippen LogP contribution in [0.4, 0.5) is 0 Å². The fourth-order valence-corrected chi connectivity index (χ4v) is 4.65. The first-order valence-electron chi connectivity index (χ1n) is 12.5. The van der Waals surface area contributed by atoms with Crippen molar-refractivity contribution in [2.75, 3.05) is 33.2 Å². The molecule has 2 aromatic rings. The van der Waals surface area contributed by atoms with E-state index < -0.39 is 0 Å². The topological polar surface area (TPSA) is 18.5 Å². The first-order valence-corrected chi connectivity index (χ1v) is 13.0. The number of nitrogens with zero attached hydrogens (tertiary/aromatic N) is 1. The van der Waals surface area contributed by atoms with E-state index in [-0.39, 0.29) is 11.8 Å². The van der Waals surface area contributed by atoms with Crippen LogP contribution >= 0.6 is 11.6 Å². The molecule has 0 amide bonds. The van der Waals surface area contributed by atoms with Gasteiger partial charge in [-0.05, 0) is 24.0 Å². The van der Waals surface area contributed by atoms with Crippen molar-refractivity contribution in [3.63, 3.8) is 0 Å². The molecule has 2 rings (SSSR count). The number of hydrogen-bond donors (Lipinski definition) is 0. The van der Waals surface area contributed by atoms with Crippen LogP contribution < -0.4 is 4.74 Å². The third kappa shape index (κ3) is 9.09. The van der Waals surface area contributed by atoms with Gasteiger partial charge in [-0.3, -0.25) is 4.48 Å². The molecular formula is C30H47ClNO2+. The van der Waals surface area contributed by atoms with Crippen LogP contribution in [0.3, 0.4) is 0 Å². The van der Waals surface area contributed by atoms with Crippen LogP contribution in [-0.2, 0) is 10.3 Å². The standard InChI is InChI=1S/C27H42NO2.C3H5Cl/c1-22(2)20-27(21-23(3)4,25-14-10-8-11-15-25)28(6,7)24(5)29-18-19-30-26-16-12-9-13-17-26;1-2-3-4/h8-17,22-24H,18-21H2,1-7H3;2H,1,3H2/q+1;. The summed E-state index contributed by atoms with van der Waals surface area (Å²) in [6, 6.07) is 21.0. The monoisotopic (exact) mass is 488 g/mol. The smallest absolute Gasteiger partial charge is 0.190 e. The molecule has 0 saturated heterocycles. The van der Waals surface area contributed by atoms with Crippen molar-refractivity contribution in [2.45, 2.75) is 59.2 Å². The van der Waals surface area contributed by atoms with Gasteiger partial charge in [0.2, 0.25) is 0 Å². The minimum atomic E-state index is -0.0106. The summed E-state index contributed by atoms with van der Waals surface area (Å²) < 4.78 is 13.0. The van der Waals surface area contributed by atoms with Gasteiger partial charge in [0.25, 0.3) is 0 Å². The van der Waals surface area contributed by atoms with Gasteiger partial charge in [-0.15, -0.1) is 18.2 Å². The Morgan fingerprint density at radius 3 is 1.76 bits per heavy atom. The van der Waals surface area contributed by atoms with Gasteiger partial charge in [0.15, 0.2) is 6.23 Å². The quantitative estimate of drug-likeness (QED) is 0.0937. The molecule has 0 heterocycles. The number of allylic oxidation sites excluding steroid dienone is 1. The van der Waals surface area contributed by atoms with Crippen LogP contribution in [0.25, 0.3) is 0 Å². The van der Waals surface area contributed by atoms with Crippen LogP contribution in [0.5, 0.6) is 5.75 Å². The fraction of sp³-hybridized carbons (Fsp3) is 0.533. The summed E-state index contributed by atoms with van der Waals surface area (Å²) in [7, 11) is 4.67. The van der Waals surface area contributed by atoms with E-state index in [2.05, 4.69) is 85.6 Å². The number of para-hydroxylation sites is 1. The highest BCUT2D eigenvalue weighted by Gasteiger charge is 2.50. The van der Waals surface area contributed by atoms with E-state index >= 15 is 0 Å². The van der Waals surface area contributed by atoms with Crippen LogP contribution in [0.15, 0.2) is 73.3 Å². The highest BCUT2D eigenvalue weighted by molar-refractivity contribution is 6.18. The third-order valence-corrected chi connectivity index (χ3v) is 6.60. The second kappa shape index (κ2) is 15.2. The first-order chi connectivity index (χ1) is 16.1. The van der Waals surface area contributed by atoms with Gasteiger partial charge in [0.05, 0.1) is 20.7 Å². The molecule has 2 aromatic carbocycles. The summed E-state index contributed by atoms with van der Waals surface area (Å²) in [4.78, 5) is 0. The Bertz CT molecular complexity index is 780. The Morgan fingerprint density at radius 2 is 1.32 bits per heavy atom. The van der Waals surface area contributed by atoms with Crippen molar-refractivity contribution in [1.82, 2.24) is 0 Å². The lowest BCUT2D eigenvalue weighted by molar-refractivity contribution is -0.991. The first kappa shape index (κ1) is 30.2. The maximum Gasteiger partial charge on any atom is 0.190 e. The number of alkyl halides is 1. The Hall–Kier alpha value is -1.81. The lowest BCUT2D eigenvalue weighted by Crippen LogP contribution is -2.63. The molecule has 3 nitrogen and oxygen atoms in total. The summed E-state index contributed by atoms with van der Waals surface area (Å²) >= 11 is 5.07. The van der Waals surface area contributed by atoms with E-state index in [0.717, 1.165) is 23.1 Å². The molecule has 0 aliphatic carbocycles. The van der Waals surface area contributed by atoms with Crippen LogP contribution in [-0.4, -0.2) is 43.9 Å². The molecule has 190 valence electrons. The Kier molecular flexibility index (Phi) is 13.5. The molecule has 0 bridgehead atoms. The Balaban J connectivity index is 0.00000133. The zero-order valence-corrected chi connectivity index (χ0v) is 23.2. The highest BCUT2D eigenvalue weighted by atomic mass is 35.5. The summed E-state index contributed by atoms with van der Waals surface area (Å²) in [6.45, 7) is 16.0. The van der Waals surface area contributed by atoms with Crippen molar-refractivity contribution in [3.8, 4) is 5.75 Å². The van der Waals surface area contributed by atoms with Crippen LogP contribution in [0, 0.1) is 11.8 Å². The summed E-state index contributed by atoms with van der Waals surface area (Å²) in [5, 5.41) is 0. The maximum absolute atomic E-state index is 6.37. The molecule has 0 aromatic heterocycles. The van der Waals surface area contributed by atoms with Crippen LogP contribution in [0.1, 0.15) is 53.0 Å². The Morgan fingerprint density at radius 1 is 0.853 bits per heavy atom. The van der Waals surface area contributed by atoms with E-state index in [1.165, 1.54) is 5.56 Å². The summed E-state index contributed by atoms with van der Waals surface area (Å²) in [6.07, 6.45) is 3.93. The molecular weight excluding hydrogens is 442 g/mol. The zero-order valence-electron chi connectivity index (χ0n) is 22.5. The molecule has 0 spiro atoms. The lowest BCUT2D eigenvalue weighted by Gasteiger charge is -2.53. The number of quaternary nitrogens is 1. The van der Waals surface area contributed by atoms with Crippen molar-refractivity contribution >= 4 is 11.6 Å². The SMILES string of the molecule is C=CCCl.CC(C)CC(CC(C)C)(c1ccccc1)[N+](C)(C)C(C)OCCOc1ccccc1. The molecule has 34 heavy (non-hydrogen) atoms.